The van der Waals surface area contributed by atoms with Gasteiger partial charge in [0.25, 0.3) is 5.56 Å². The number of thioether (sulfide) groups is 1. The van der Waals surface area contributed by atoms with Crippen LogP contribution in [0.1, 0.15) is 0 Å². The van der Waals surface area contributed by atoms with Crippen LogP contribution in [0.5, 0.6) is 0 Å². The molecular formula is C20H21N5O2S. The Bertz CT molecular complexity index is 1100. The van der Waals surface area contributed by atoms with Crippen LogP contribution in [0.2, 0.25) is 0 Å². The first kappa shape index (κ1) is 19.6. The second-order valence-electron chi connectivity index (χ2n) is 6.00. The fraction of sp³-hybridized carbons (Fsp3) is 0.200. The van der Waals surface area contributed by atoms with Gasteiger partial charge in [0.2, 0.25) is 11.7 Å². The SMILES string of the molecule is C=CCN(CC=C)C(=O)CSc1nnc2n(CC=C)c(=O)c3ccccc3n12. The highest BCUT2D eigenvalue weighted by atomic mass is 32.2. The lowest BCUT2D eigenvalue weighted by molar-refractivity contribution is -0.127. The molecule has 0 aliphatic rings. The Morgan fingerprint density at radius 3 is 2.50 bits per heavy atom. The molecule has 3 aromatic rings. The first-order valence-electron chi connectivity index (χ1n) is 8.72. The van der Waals surface area contributed by atoms with Gasteiger partial charge in [0.1, 0.15) is 0 Å². The molecule has 0 unspecified atom stereocenters. The van der Waals surface area contributed by atoms with Crippen LogP contribution in [-0.2, 0) is 11.3 Å². The zero-order valence-corrected chi connectivity index (χ0v) is 16.3. The van der Waals surface area contributed by atoms with E-state index >= 15 is 0 Å². The van der Waals surface area contributed by atoms with E-state index in [-0.39, 0.29) is 17.2 Å². The molecule has 28 heavy (non-hydrogen) atoms. The number of carbonyl (C=O) groups is 1. The van der Waals surface area contributed by atoms with Crippen molar-refractivity contribution in [1.82, 2.24) is 24.1 Å². The summed E-state index contributed by atoms with van der Waals surface area (Å²) in [6.07, 6.45) is 5.00. The lowest BCUT2D eigenvalue weighted by atomic mass is 10.2. The van der Waals surface area contributed by atoms with Gasteiger partial charge >= 0.3 is 0 Å². The average Bonchev–Trinajstić information content (AvgIpc) is 3.13. The molecule has 7 nitrogen and oxygen atoms in total. The summed E-state index contributed by atoms with van der Waals surface area (Å²) in [4.78, 5) is 27.0. The fourth-order valence-corrected chi connectivity index (χ4v) is 3.77. The van der Waals surface area contributed by atoms with E-state index in [9.17, 15) is 9.59 Å². The standard InChI is InChI=1S/C20H21N5O2S/c1-4-11-23(12-5-2)17(26)14-28-20-22-21-19-24(13-6-3)18(27)15-9-7-8-10-16(15)25(19)20/h4-10H,1-3,11-14H2. The van der Waals surface area contributed by atoms with Crippen molar-refractivity contribution in [2.75, 3.05) is 18.8 Å². The molecule has 0 spiro atoms. The number of hydrogen-bond donors (Lipinski definition) is 0. The number of amides is 1. The summed E-state index contributed by atoms with van der Waals surface area (Å²) < 4.78 is 3.33. The topological polar surface area (TPSA) is 72.5 Å². The Morgan fingerprint density at radius 2 is 1.82 bits per heavy atom. The molecule has 0 saturated carbocycles. The smallest absolute Gasteiger partial charge is 0.263 e. The van der Waals surface area contributed by atoms with Crippen molar-refractivity contribution in [3.8, 4) is 0 Å². The molecule has 0 aliphatic carbocycles. The number of rotatable bonds is 9. The maximum Gasteiger partial charge on any atom is 0.263 e. The fourth-order valence-electron chi connectivity index (χ4n) is 2.93. The van der Waals surface area contributed by atoms with E-state index in [1.54, 1.807) is 29.2 Å². The van der Waals surface area contributed by atoms with Gasteiger partial charge in [-0.05, 0) is 12.1 Å². The van der Waals surface area contributed by atoms with Gasteiger partial charge in [-0.1, -0.05) is 42.1 Å². The number of aromatic nitrogens is 4. The maximum absolute atomic E-state index is 12.8. The zero-order chi connectivity index (χ0) is 20.1. The molecule has 0 fully saturated rings. The predicted molar refractivity (Wildman–Crippen MR) is 113 cm³/mol. The third-order valence-corrected chi connectivity index (χ3v) is 5.08. The van der Waals surface area contributed by atoms with Gasteiger partial charge in [-0.2, -0.15) is 0 Å². The molecular weight excluding hydrogens is 374 g/mol. The summed E-state index contributed by atoms with van der Waals surface area (Å²) >= 11 is 1.28. The highest BCUT2D eigenvalue weighted by Gasteiger charge is 2.18. The molecule has 0 atom stereocenters. The number of fused-ring (bicyclic) bond motifs is 3. The first-order valence-corrected chi connectivity index (χ1v) is 9.70. The molecule has 3 rings (SSSR count). The van der Waals surface area contributed by atoms with Gasteiger partial charge in [0, 0.05) is 19.6 Å². The highest BCUT2D eigenvalue weighted by molar-refractivity contribution is 7.99. The molecule has 0 bridgehead atoms. The van der Waals surface area contributed by atoms with Crippen molar-refractivity contribution in [2.24, 2.45) is 0 Å². The summed E-state index contributed by atoms with van der Waals surface area (Å²) in [5.74, 6) is 0.565. The molecule has 2 heterocycles. The first-order chi connectivity index (χ1) is 13.6. The summed E-state index contributed by atoms with van der Waals surface area (Å²) in [6.45, 7) is 12.3. The van der Waals surface area contributed by atoms with Crippen LogP contribution in [-0.4, -0.2) is 48.8 Å². The van der Waals surface area contributed by atoms with Crippen LogP contribution in [0.15, 0.2) is 72.2 Å². The monoisotopic (exact) mass is 395 g/mol. The largest absolute Gasteiger partial charge is 0.335 e. The van der Waals surface area contributed by atoms with E-state index in [1.165, 1.54) is 16.3 Å². The minimum atomic E-state index is -0.147. The summed E-state index contributed by atoms with van der Waals surface area (Å²) in [6, 6.07) is 7.29. The minimum Gasteiger partial charge on any atom is -0.335 e. The Labute approximate surface area is 166 Å². The van der Waals surface area contributed by atoms with Gasteiger partial charge in [-0.3, -0.25) is 18.6 Å². The quantitative estimate of drug-likeness (QED) is 0.411. The van der Waals surface area contributed by atoms with Crippen molar-refractivity contribution >= 4 is 34.3 Å². The van der Waals surface area contributed by atoms with Crippen molar-refractivity contribution < 1.29 is 4.79 Å². The summed E-state index contributed by atoms with van der Waals surface area (Å²) in [7, 11) is 0. The Morgan fingerprint density at radius 1 is 1.11 bits per heavy atom. The van der Waals surface area contributed by atoms with Gasteiger partial charge in [-0.15, -0.1) is 29.9 Å². The molecule has 1 amide bonds. The molecule has 144 valence electrons. The van der Waals surface area contributed by atoms with Crippen LogP contribution in [0.25, 0.3) is 16.7 Å². The summed E-state index contributed by atoms with van der Waals surface area (Å²) in [5, 5.41) is 9.53. The number of hydrogen-bond acceptors (Lipinski definition) is 5. The predicted octanol–water partition coefficient (Wildman–Crippen LogP) is 2.52. The molecule has 1 aromatic carbocycles. The van der Waals surface area contributed by atoms with Crippen LogP contribution in [0.4, 0.5) is 0 Å². The Hall–Kier alpha value is -3.13. The van der Waals surface area contributed by atoms with Crippen LogP contribution in [0, 0.1) is 0 Å². The van der Waals surface area contributed by atoms with E-state index in [4.69, 9.17) is 0 Å². The highest BCUT2D eigenvalue weighted by Crippen LogP contribution is 2.22. The van der Waals surface area contributed by atoms with Gasteiger partial charge in [0.05, 0.1) is 16.7 Å². The van der Waals surface area contributed by atoms with E-state index in [1.807, 2.05) is 22.6 Å². The van der Waals surface area contributed by atoms with Crippen LogP contribution in [0.3, 0.4) is 0 Å². The van der Waals surface area contributed by atoms with Gasteiger partial charge in [-0.25, -0.2) is 0 Å². The summed E-state index contributed by atoms with van der Waals surface area (Å²) in [5.41, 5.74) is 0.558. The third kappa shape index (κ3) is 3.63. The zero-order valence-electron chi connectivity index (χ0n) is 15.5. The molecule has 2 aromatic heterocycles. The number of allylic oxidation sites excluding steroid dienone is 1. The maximum atomic E-state index is 12.8. The van der Waals surface area contributed by atoms with E-state index in [0.29, 0.717) is 41.5 Å². The number of carbonyl (C=O) groups excluding carboxylic acids is 1. The minimum absolute atomic E-state index is 0.0507. The molecule has 8 heteroatoms. The average molecular weight is 395 g/mol. The Balaban J connectivity index is 2.02. The van der Waals surface area contributed by atoms with E-state index < -0.39 is 0 Å². The van der Waals surface area contributed by atoms with Crippen molar-refractivity contribution in [3.63, 3.8) is 0 Å². The van der Waals surface area contributed by atoms with Gasteiger partial charge < -0.3 is 4.90 Å². The van der Waals surface area contributed by atoms with Crippen LogP contribution < -0.4 is 5.56 Å². The van der Waals surface area contributed by atoms with Crippen molar-refractivity contribution in [3.05, 3.63) is 72.6 Å². The van der Waals surface area contributed by atoms with Gasteiger partial charge in [0.15, 0.2) is 5.16 Å². The van der Waals surface area contributed by atoms with E-state index in [2.05, 4.69) is 29.9 Å². The second kappa shape index (κ2) is 8.71. The number of benzene rings is 1. The molecule has 0 aliphatic heterocycles. The Kier molecular flexibility index (Phi) is 6.10. The molecule has 0 saturated heterocycles. The molecule has 0 radical (unpaired) electrons. The van der Waals surface area contributed by atoms with Crippen molar-refractivity contribution in [1.29, 1.82) is 0 Å². The number of nitrogens with zero attached hydrogens (tertiary/aromatic N) is 5. The lowest BCUT2D eigenvalue weighted by Gasteiger charge is -2.18. The number of para-hydroxylation sites is 1. The molecule has 0 N–H and O–H groups in total. The lowest BCUT2D eigenvalue weighted by Crippen LogP contribution is -2.32. The van der Waals surface area contributed by atoms with Crippen LogP contribution >= 0.6 is 11.8 Å². The normalized spacial score (nSPS) is 10.9. The second-order valence-corrected chi connectivity index (χ2v) is 6.95. The van der Waals surface area contributed by atoms with Crippen molar-refractivity contribution in [2.45, 2.75) is 11.7 Å². The van der Waals surface area contributed by atoms with E-state index in [0.717, 1.165) is 0 Å². The third-order valence-electron chi connectivity index (χ3n) is 4.17.